The summed E-state index contributed by atoms with van der Waals surface area (Å²) >= 11 is 0. The van der Waals surface area contributed by atoms with Crippen LogP contribution in [0.15, 0.2) is 24.3 Å². The van der Waals surface area contributed by atoms with Gasteiger partial charge in [-0.05, 0) is 38.1 Å². The van der Waals surface area contributed by atoms with E-state index in [1.807, 2.05) is 0 Å². The summed E-state index contributed by atoms with van der Waals surface area (Å²) in [6.45, 7) is 3.90. The molecule has 0 fully saturated rings. The highest BCUT2D eigenvalue weighted by molar-refractivity contribution is 5.97. The highest BCUT2D eigenvalue weighted by Crippen LogP contribution is 2.02. The van der Waals surface area contributed by atoms with Crippen molar-refractivity contribution in [2.45, 2.75) is 19.9 Å². The molecule has 0 radical (unpaired) electrons. The molecule has 0 spiro atoms. The van der Waals surface area contributed by atoms with Gasteiger partial charge in [-0.2, -0.15) is 0 Å². The van der Waals surface area contributed by atoms with E-state index in [2.05, 4.69) is 10.6 Å². The summed E-state index contributed by atoms with van der Waals surface area (Å²) in [4.78, 5) is 23.0. The third-order valence-electron chi connectivity index (χ3n) is 2.20. The Morgan fingerprint density at radius 1 is 1.29 bits per heavy atom. The van der Waals surface area contributed by atoms with Gasteiger partial charge >= 0.3 is 0 Å². The largest absolute Gasteiger partial charge is 0.355 e. The maximum absolute atomic E-state index is 12.6. The molecule has 0 saturated carbocycles. The SMILES string of the molecule is CCNC(=O)[C@H](C)NC(=O)c1ccc(F)cc1. The van der Waals surface area contributed by atoms with Gasteiger partial charge in [0.25, 0.3) is 5.91 Å². The topological polar surface area (TPSA) is 58.2 Å². The Morgan fingerprint density at radius 3 is 2.41 bits per heavy atom. The number of hydrogen-bond acceptors (Lipinski definition) is 2. The smallest absolute Gasteiger partial charge is 0.251 e. The average molecular weight is 238 g/mol. The number of carbonyl (C=O) groups excluding carboxylic acids is 2. The molecule has 0 unspecified atom stereocenters. The number of carbonyl (C=O) groups is 2. The highest BCUT2D eigenvalue weighted by Gasteiger charge is 2.15. The van der Waals surface area contributed by atoms with E-state index < -0.39 is 17.8 Å². The van der Waals surface area contributed by atoms with Crippen molar-refractivity contribution in [2.75, 3.05) is 6.54 Å². The van der Waals surface area contributed by atoms with Gasteiger partial charge in [-0.3, -0.25) is 9.59 Å². The van der Waals surface area contributed by atoms with Gasteiger partial charge in [0.15, 0.2) is 0 Å². The summed E-state index contributed by atoms with van der Waals surface area (Å²) in [6, 6.07) is 4.52. The molecular weight excluding hydrogens is 223 g/mol. The van der Waals surface area contributed by atoms with Crippen molar-refractivity contribution in [3.8, 4) is 0 Å². The second-order valence-corrected chi connectivity index (χ2v) is 3.60. The standard InChI is InChI=1S/C12H15FN2O2/c1-3-14-11(16)8(2)15-12(17)9-4-6-10(13)7-5-9/h4-8H,3H2,1-2H3,(H,14,16)(H,15,17)/t8-/m0/s1. The van der Waals surface area contributed by atoms with Crippen LogP contribution in [0.1, 0.15) is 24.2 Å². The summed E-state index contributed by atoms with van der Waals surface area (Å²) < 4.78 is 12.6. The zero-order valence-electron chi connectivity index (χ0n) is 9.79. The average Bonchev–Trinajstić information content (AvgIpc) is 2.30. The Balaban J connectivity index is 2.60. The number of hydrogen-bond donors (Lipinski definition) is 2. The molecule has 0 aliphatic rings. The predicted octanol–water partition coefficient (Wildman–Crippen LogP) is 1.08. The molecule has 2 amide bonds. The molecule has 0 aliphatic carbocycles. The number of likely N-dealkylation sites (N-methyl/N-ethyl adjacent to an activating group) is 1. The maximum Gasteiger partial charge on any atom is 0.251 e. The van der Waals surface area contributed by atoms with Crippen LogP contribution in [0.3, 0.4) is 0 Å². The molecule has 1 rings (SSSR count). The number of benzene rings is 1. The van der Waals surface area contributed by atoms with Crippen LogP contribution in [-0.4, -0.2) is 24.4 Å². The fraction of sp³-hybridized carbons (Fsp3) is 0.333. The molecule has 5 heteroatoms. The lowest BCUT2D eigenvalue weighted by atomic mass is 10.2. The van der Waals surface area contributed by atoms with Crippen LogP contribution in [0, 0.1) is 5.82 Å². The highest BCUT2D eigenvalue weighted by atomic mass is 19.1. The lowest BCUT2D eigenvalue weighted by molar-refractivity contribution is -0.122. The van der Waals surface area contributed by atoms with E-state index in [1.54, 1.807) is 13.8 Å². The molecule has 92 valence electrons. The van der Waals surface area contributed by atoms with Gasteiger partial charge in [-0.15, -0.1) is 0 Å². The van der Waals surface area contributed by atoms with E-state index in [0.29, 0.717) is 12.1 Å². The monoisotopic (exact) mass is 238 g/mol. The van der Waals surface area contributed by atoms with E-state index >= 15 is 0 Å². The fourth-order valence-corrected chi connectivity index (χ4v) is 1.27. The number of rotatable bonds is 4. The maximum atomic E-state index is 12.6. The van der Waals surface area contributed by atoms with Crippen LogP contribution in [0.5, 0.6) is 0 Å². The summed E-state index contributed by atoms with van der Waals surface area (Å²) in [7, 11) is 0. The van der Waals surface area contributed by atoms with Gasteiger partial charge in [0.2, 0.25) is 5.91 Å². The molecule has 1 aromatic carbocycles. The molecule has 0 aromatic heterocycles. The Labute approximate surface area is 99.2 Å². The molecule has 1 aromatic rings. The quantitative estimate of drug-likeness (QED) is 0.824. The van der Waals surface area contributed by atoms with Crippen molar-refractivity contribution in [1.29, 1.82) is 0 Å². The second-order valence-electron chi connectivity index (χ2n) is 3.60. The minimum Gasteiger partial charge on any atom is -0.355 e. The molecule has 0 heterocycles. The van der Waals surface area contributed by atoms with Crippen LogP contribution in [0.4, 0.5) is 4.39 Å². The summed E-state index contributed by atoms with van der Waals surface area (Å²) in [5, 5.41) is 5.12. The lowest BCUT2D eigenvalue weighted by Gasteiger charge is -2.13. The fourth-order valence-electron chi connectivity index (χ4n) is 1.27. The first-order valence-electron chi connectivity index (χ1n) is 5.38. The summed E-state index contributed by atoms with van der Waals surface area (Å²) in [5.74, 6) is -1.05. The van der Waals surface area contributed by atoms with Crippen molar-refractivity contribution in [3.05, 3.63) is 35.6 Å². The number of amides is 2. The summed E-state index contributed by atoms with van der Waals surface area (Å²) in [6.07, 6.45) is 0. The molecule has 17 heavy (non-hydrogen) atoms. The molecule has 1 atom stereocenters. The molecule has 0 saturated heterocycles. The predicted molar refractivity (Wildman–Crippen MR) is 62.0 cm³/mol. The van der Waals surface area contributed by atoms with Gasteiger partial charge in [0, 0.05) is 12.1 Å². The minimum atomic E-state index is -0.618. The third-order valence-corrected chi connectivity index (χ3v) is 2.20. The van der Waals surface area contributed by atoms with Gasteiger partial charge in [0.1, 0.15) is 11.9 Å². The first kappa shape index (κ1) is 13.2. The molecule has 0 aliphatic heterocycles. The van der Waals surface area contributed by atoms with E-state index in [0.717, 1.165) is 0 Å². The van der Waals surface area contributed by atoms with Gasteiger partial charge < -0.3 is 10.6 Å². The Bertz CT molecular complexity index is 403. The van der Waals surface area contributed by atoms with Gasteiger partial charge in [0.05, 0.1) is 0 Å². The van der Waals surface area contributed by atoms with Crippen molar-refractivity contribution in [2.24, 2.45) is 0 Å². The molecule has 0 bridgehead atoms. The Morgan fingerprint density at radius 2 is 1.88 bits per heavy atom. The zero-order chi connectivity index (χ0) is 12.8. The van der Waals surface area contributed by atoms with Crippen LogP contribution in [-0.2, 0) is 4.79 Å². The van der Waals surface area contributed by atoms with Gasteiger partial charge in [-0.25, -0.2) is 4.39 Å². The first-order chi connectivity index (χ1) is 8.04. The van der Waals surface area contributed by atoms with Gasteiger partial charge in [-0.1, -0.05) is 0 Å². The number of nitrogens with one attached hydrogen (secondary N) is 2. The summed E-state index contributed by atoms with van der Waals surface area (Å²) in [5.41, 5.74) is 0.322. The van der Waals surface area contributed by atoms with E-state index in [-0.39, 0.29) is 5.91 Å². The van der Waals surface area contributed by atoms with Crippen molar-refractivity contribution < 1.29 is 14.0 Å². The van der Waals surface area contributed by atoms with E-state index in [9.17, 15) is 14.0 Å². The van der Waals surface area contributed by atoms with Crippen molar-refractivity contribution in [3.63, 3.8) is 0 Å². The van der Waals surface area contributed by atoms with E-state index in [4.69, 9.17) is 0 Å². The van der Waals surface area contributed by atoms with Crippen LogP contribution in [0.2, 0.25) is 0 Å². The lowest BCUT2D eigenvalue weighted by Crippen LogP contribution is -2.44. The third kappa shape index (κ3) is 3.86. The minimum absolute atomic E-state index is 0.247. The van der Waals surface area contributed by atoms with Crippen LogP contribution >= 0.6 is 0 Å². The molecule has 4 nitrogen and oxygen atoms in total. The van der Waals surface area contributed by atoms with Crippen LogP contribution < -0.4 is 10.6 Å². The molecule has 2 N–H and O–H groups in total. The zero-order valence-corrected chi connectivity index (χ0v) is 9.79. The number of halogens is 1. The van der Waals surface area contributed by atoms with Crippen molar-refractivity contribution >= 4 is 11.8 Å². The van der Waals surface area contributed by atoms with E-state index in [1.165, 1.54) is 24.3 Å². The van der Waals surface area contributed by atoms with Crippen molar-refractivity contribution in [1.82, 2.24) is 10.6 Å². The first-order valence-corrected chi connectivity index (χ1v) is 5.38. The Kier molecular flexibility index (Phi) is 4.63. The Hall–Kier alpha value is -1.91. The normalized spacial score (nSPS) is 11.7. The second kappa shape index (κ2) is 5.98. The van der Waals surface area contributed by atoms with Crippen LogP contribution in [0.25, 0.3) is 0 Å². The molecular formula is C12H15FN2O2.